The molecule has 0 unspecified atom stereocenters. The molecule has 9 heteroatoms. The van der Waals surface area contributed by atoms with Crippen molar-refractivity contribution >= 4 is 34.0 Å². The quantitative estimate of drug-likeness (QED) is 0.128. The Hall–Kier alpha value is -1.52. The predicted molar refractivity (Wildman–Crippen MR) is 154 cm³/mol. The number of halogens is 2. The van der Waals surface area contributed by atoms with Crippen LogP contribution in [-0.4, -0.2) is 52.1 Å². The molecule has 0 atom stereocenters. The summed E-state index contributed by atoms with van der Waals surface area (Å²) in [6.45, 7) is 7.69. The molecule has 0 amide bonds. The van der Waals surface area contributed by atoms with Gasteiger partial charge in [0, 0.05) is 11.1 Å². The summed E-state index contributed by atoms with van der Waals surface area (Å²) < 4.78 is 0. The highest BCUT2D eigenvalue weighted by atomic mass is 79.9. The fraction of sp³-hybridized carbons (Fsp3) is 0.538. The van der Waals surface area contributed by atoms with Crippen LogP contribution in [0.3, 0.4) is 0 Å². The Labute approximate surface area is 230 Å². The van der Waals surface area contributed by atoms with Crippen molar-refractivity contribution in [2.45, 2.75) is 65.2 Å². The van der Waals surface area contributed by atoms with E-state index in [4.69, 9.17) is 0 Å². The van der Waals surface area contributed by atoms with E-state index in [1.807, 2.05) is 26.0 Å². The number of rotatable bonds is 15. The summed E-state index contributed by atoms with van der Waals surface area (Å²) in [7, 11) is 0. The van der Waals surface area contributed by atoms with Crippen LogP contribution in [0.1, 0.15) is 61.8 Å². The van der Waals surface area contributed by atoms with Gasteiger partial charge < -0.3 is 36.5 Å². The maximum absolute atomic E-state index is 9.96. The second kappa shape index (κ2) is 19.6. The molecule has 2 rings (SSSR count). The molecule has 0 radical (unpaired) electrons. The molecule has 202 valence electrons. The Bertz CT molecular complexity index is 783. The summed E-state index contributed by atoms with van der Waals surface area (Å²) in [6.07, 6.45) is 7.80. The second-order valence-electron chi connectivity index (χ2n) is 8.26. The summed E-state index contributed by atoms with van der Waals surface area (Å²) in [5.74, 6) is -0.0481. The average molecular weight is 624 g/mol. The predicted octanol–water partition coefficient (Wildman–Crippen LogP) is 4.49. The zero-order chi connectivity index (χ0) is 23.3. The zero-order valence-corrected chi connectivity index (χ0v) is 24.3. The molecule has 8 N–H and O–H groups in total. The first kappa shape index (κ1) is 35.6. The Morgan fingerprint density at radius 2 is 0.943 bits per heavy atom. The van der Waals surface area contributed by atoms with Crippen LogP contribution in [0.15, 0.2) is 24.3 Å². The van der Waals surface area contributed by atoms with Crippen molar-refractivity contribution < 1.29 is 25.9 Å². The van der Waals surface area contributed by atoms with Gasteiger partial charge in [0.25, 0.3) is 0 Å². The highest BCUT2D eigenvalue weighted by molar-refractivity contribution is 8.93. The van der Waals surface area contributed by atoms with Crippen LogP contribution in [0.2, 0.25) is 0 Å². The second-order valence-corrected chi connectivity index (χ2v) is 8.26. The molecule has 7 nitrogen and oxygen atoms in total. The van der Waals surface area contributed by atoms with E-state index in [0.29, 0.717) is 12.8 Å². The largest absolute Gasteiger partial charge is 0.504 e. The Morgan fingerprint density at radius 3 is 1.29 bits per heavy atom. The minimum atomic E-state index is -0.0431. The molecule has 35 heavy (non-hydrogen) atoms. The molecule has 0 heterocycles. The molecule has 0 aromatic heterocycles. The van der Waals surface area contributed by atoms with Gasteiger partial charge in [-0.05, 0) is 88.0 Å². The lowest BCUT2D eigenvalue weighted by Crippen LogP contribution is -2.20. The number of aromatic hydroxyl groups is 4. The molecule has 2 aromatic carbocycles. The van der Waals surface area contributed by atoms with Gasteiger partial charge in [-0.25, -0.2) is 0 Å². The minimum absolute atomic E-state index is 0. The van der Waals surface area contributed by atoms with Gasteiger partial charge in [0.2, 0.25) is 0 Å². The van der Waals surface area contributed by atoms with Crippen molar-refractivity contribution in [2.24, 2.45) is 0 Å². The summed E-state index contributed by atoms with van der Waals surface area (Å²) in [5, 5.41) is 46.1. The van der Waals surface area contributed by atoms with Crippen LogP contribution in [0.4, 0.5) is 0 Å². The number of hydrogen-bond acceptors (Lipinski definition) is 6. The normalized spacial score (nSPS) is 10.2. The first-order valence-electron chi connectivity index (χ1n) is 12.0. The number of hydrogen-bond donors (Lipinski definition) is 6. The number of benzene rings is 2. The van der Waals surface area contributed by atoms with E-state index in [1.165, 1.54) is 12.8 Å². The topological polar surface area (TPSA) is 136 Å². The van der Waals surface area contributed by atoms with Crippen molar-refractivity contribution in [2.75, 3.05) is 26.2 Å². The van der Waals surface area contributed by atoms with Crippen molar-refractivity contribution in [3.8, 4) is 23.0 Å². The van der Waals surface area contributed by atoms with Crippen LogP contribution >= 0.6 is 34.0 Å². The monoisotopic (exact) mass is 622 g/mol. The molecule has 2 aromatic rings. The molecule has 0 saturated carbocycles. The highest BCUT2D eigenvalue weighted by Gasteiger charge is 2.11. The standard InChI is InChI=1S/C26H40N2O4.2BrH.H2O/c1-3-21-19(9-11-23(29)25(21)31)13-17-27-15-7-5-6-8-16-28-18-14-20-10-12-24(30)26(32)22(20)4-2;;;/h9-12,27-32H,3-8,13-18H2,1-2H3;2*1H;1H2. The molecule has 0 bridgehead atoms. The Morgan fingerprint density at radius 1 is 0.571 bits per heavy atom. The molecule has 0 aliphatic carbocycles. The van der Waals surface area contributed by atoms with Crippen LogP contribution in [-0.2, 0) is 25.7 Å². The van der Waals surface area contributed by atoms with E-state index < -0.39 is 0 Å². The van der Waals surface area contributed by atoms with Crippen LogP contribution in [0.5, 0.6) is 23.0 Å². The Kier molecular flexibility index (Phi) is 20.0. The number of phenolic OH excluding ortho intramolecular Hbond substituents is 4. The van der Waals surface area contributed by atoms with E-state index in [9.17, 15) is 20.4 Å². The fourth-order valence-corrected chi connectivity index (χ4v) is 4.14. The molecule has 0 fully saturated rings. The number of phenols is 4. The SMILES string of the molecule is Br.Br.CCc1c(CCNCCCCCCNCCc2ccc(O)c(O)c2CC)ccc(O)c1O.O. The molecule has 0 saturated heterocycles. The Balaban J connectivity index is 0. The summed E-state index contributed by atoms with van der Waals surface area (Å²) in [4.78, 5) is 0. The first-order chi connectivity index (χ1) is 15.5. The van der Waals surface area contributed by atoms with Gasteiger partial charge in [-0.3, -0.25) is 0 Å². The van der Waals surface area contributed by atoms with Crippen LogP contribution in [0, 0.1) is 0 Å². The number of nitrogens with one attached hydrogen (secondary N) is 2. The summed E-state index contributed by atoms with van der Waals surface area (Å²) >= 11 is 0. The molecule has 0 spiro atoms. The zero-order valence-electron chi connectivity index (χ0n) is 20.9. The summed E-state index contributed by atoms with van der Waals surface area (Å²) in [5.41, 5.74) is 3.87. The van der Waals surface area contributed by atoms with E-state index in [1.54, 1.807) is 12.1 Å². The fourth-order valence-electron chi connectivity index (χ4n) is 4.14. The van der Waals surface area contributed by atoms with Gasteiger partial charge in [-0.2, -0.15) is 0 Å². The van der Waals surface area contributed by atoms with Gasteiger partial charge in [0.15, 0.2) is 23.0 Å². The third-order valence-corrected chi connectivity index (χ3v) is 6.02. The third kappa shape index (κ3) is 11.4. The van der Waals surface area contributed by atoms with Gasteiger partial charge in [-0.1, -0.05) is 38.8 Å². The van der Waals surface area contributed by atoms with Crippen molar-refractivity contribution in [1.82, 2.24) is 10.6 Å². The highest BCUT2D eigenvalue weighted by Crippen LogP contribution is 2.32. The van der Waals surface area contributed by atoms with Gasteiger partial charge >= 0.3 is 0 Å². The average Bonchev–Trinajstić information content (AvgIpc) is 2.79. The minimum Gasteiger partial charge on any atom is -0.504 e. The molecule has 0 aliphatic rings. The molecular weight excluding hydrogens is 580 g/mol. The van der Waals surface area contributed by atoms with Crippen molar-refractivity contribution in [3.05, 3.63) is 46.5 Å². The molecule has 0 aliphatic heterocycles. The maximum atomic E-state index is 9.96. The third-order valence-electron chi connectivity index (χ3n) is 6.02. The van der Waals surface area contributed by atoms with E-state index >= 15 is 0 Å². The smallest absolute Gasteiger partial charge is 0.160 e. The lowest BCUT2D eigenvalue weighted by molar-refractivity contribution is 0.399. The molecular formula is C26H44Br2N2O5. The van der Waals surface area contributed by atoms with Crippen molar-refractivity contribution in [1.29, 1.82) is 0 Å². The van der Waals surface area contributed by atoms with Crippen LogP contribution in [0.25, 0.3) is 0 Å². The maximum Gasteiger partial charge on any atom is 0.160 e. The van der Waals surface area contributed by atoms with E-state index in [-0.39, 0.29) is 62.4 Å². The van der Waals surface area contributed by atoms with Gasteiger partial charge in [0.1, 0.15) is 0 Å². The lowest BCUT2D eigenvalue weighted by atomic mass is 10.0. The van der Waals surface area contributed by atoms with E-state index in [0.717, 1.165) is 74.1 Å². The number of unbranched alkanes of at least 4 members (excludes halogenated alkanes) is 3. The first-order valence-corrected chi connectivity index (χ1v) is 12.0. The lowest BCUT2D eigenvalue weighted by Gasteiger charge is -2.12. The van der Waals surface area contributed by atoms with E-state index in [2.05, 4.69) is 10.6 Å². The van der Waals surface area contributed by atoms with Gasteiger partial charge in [-0.15, -0.1) is 34.0 Å². The summed E-state index contributed by atoms with van der Waals surface area (Å²) in [6, 6.07) is 6.93. The van der Waals surface area contributed by atoms with Gasteiger partial charge in [0.05, 0.1) is 0 Å². The van der Waals surface area contributed by atoms with Crippen LogP contribution < -0.4 is 10.6 Å². The van der Waals surface area contributed by atoms with Crippen molar-refractivity contribution in [3.63, 3.8) is 0 Å².